The summed E-state index contributed by atoms with van der Waals surface area (Å²) in [5.41, 5.74) is 1.43. The fourth-order valence-corrected chi connectivity index (χ4v) is 7.95. The van der Waals surface area contributed by atoms with Crippen LogP contribution in [0.5, 0.6) is 11.5 Å². The number of amides is 2. The summed E-state index contributed by atoms with van der Waals surface area (Å²) in [5, 5.41) is 3.78. The number of sulfonamides is 1. The topological polar surface area (TPSA) is 105 Å². The maximum Gasteiger partial charge on any atom is 0.264 e. The molecule has 0 aromatic heterocycles. The van der Waals surface area contributed by atoms with Crippen LogP contribution in [0.25, 0.3) is 0 Å². The normalized spacial score (nSPS) is 13.8. The van der Waals surface area contributed by atoms with Gasteiger partial charge in [-0.05, 0) is 54.8 Å². The Morgan fingerprint density at radius 3 is 2.06 bits per heavy atom. The average Bonchev–Trinajstić information content (AvgIpc) is 3.63. The summed E-state index contributed by atoms with van der Waals surface area (Å²) in [4.78, 5) is 30.4. The first kappa shape index (κ1) is 36.0. The zero-order valence-electron chi connectivity index (χ0n) is 27.4. The number of ether oxygens (including phenoxy) is 2. The van der Waals surface area contributed by atoms with Crippen molar-refractivity contribution in [2.75, 3.05) is 25.1 Å². The molecule has 0 heterocycles. The number of methoxy groups -OCH3 is 2. The highest BCUT2D eigenvalue weighted by atomic mass is 35.5. The molecule has 1 atom stereocenters. The molecule has 1 aliphatic rings. The minimum absolute atomic E-state index is 0.0157. The predicted molar refractivity (Wildman–Crippen MR) is 192 cm³/mol. The van der Waals surface area contributed by atoms with E-state index < -0.39 is 28.5 Å². The smallest absolute Gasteiger partial charge is 0.264 e. The van der Waals surface area contributed by atoms with E-state index in [-0.39, 0.29) is 41.2 Å². The number of hydrogen-bond donors (Lipinski definition) is 1. The first-order chi connectivity index (χ1) is 23.6. The summed E-state index contributed by atoms with van der Waals surface area (Å²) in [6.45, 7) is -0.783. The fourth-order valence-electron chi connectivity index (χ4n) is 6.00. The van der Waals surface area contributed by atoms with Gasteiger partial charge in [0.15, 0.2) is 11.5 Å². The van der Waals surface area contributed by atoms with Gasteiger partial charge in [0.2, 0.25) is 11.8 Å². The zero-order chi connectivity index (χ0) is 35.0. The van der Waals surface area contributed by atoms with Crippen LogP contribution >= 0.6 is 23.2 Å². The van der Waals surface area contributed by atoms with Crippen molar-refractivity contribution in [3.8, 4) is 11.5 Å². The van der Waals surface area contributed by atoms with Crippen LogP contribution in [0.1, 0.15) is 36.8 Å². The lowest BCUT2D eigenvalue weighted by Crippen LogP contribution is -2.54. The van der Waals surface area contributed by atoms with Gasteiger partial charge in [0, 0.05) is 40.7 Å². The summed E-state index contributed by atoms with van der Waals surface area (Å²) in [6.07, 6.45) is 3.87. The molecule has 0 unspecified atom stereocenters. The molecule has 0 bridgehead atoms. The van der Waals surface area contributed by atoms with Gasteiger partial charge in [0.1, 0.15) is 12.6 Å². The SMILES string of the molecule is COc1ccc(N(CC(=O)N(Cc2c(Cl)cccc2Cl)[C@H](Cc2ccccc2)C(=O)NC2CCCC2)S(=O)(=O)c2ccccc2)cc1OC. The maximum atomic E-state index is 14.8. The van der Waals surface area contributed by atoms with E-state index in [2.05, 4.69) is 5.32 Å². The van der Waals surface area contributed by atoms with Crippen LogP contribution in [0, 0.1) is 0 Å². The highest BCUT2D eigenvalue weighted by Gasteiger charge is 2.36. The highest BCUT2D eigenvalue weighted by molar-refractivity contribution is 7.92. The Morgan fingerprint density at radius 2 is 1.45 bits per heavy atom. The van der Waals surface area contributed by atoms with Crippen molar-refractivity contribution < 1.29 is 27.5 Å². The Bertz CT molecular complexity index is 1830. The lowest BCUT2D eigenvalue weighted by atomic mass is 10.0. The molecule has 1 aliphatic carbocycles. The monoisotopic (exact) mass is 723 g/mol. The van der Waals surface area contributed by atoms with Crippen LogP contribution in [0.3, 0.4) is 0 Å². The second kappa shape index (κ2) is 16.4. The first-order valence-electron chi connectivity index (χ1n) is 16.0. The van der Waals surface area contributed by atoms with Crippen LogP contribution in [0.2, 0.25) is 10.0 Å². The Hall–Kier alpha value is -4.25. The van der Waals surface area contributed by atoms with E-state index in [1.807, 2.05) is 30.3 Å². The molecule has 1 fully saturated rings. The van der Waals surface area contributed by atoms with Gasteiger partial charge in [0.05, 0.1) is 24.8 Å². The van der Waals surface area contributed by atoms with Crippen molar-refractivity contribution in [1.82, 2.24) is 10.2 Å². The quantitative estimate of drug-likeness (QED) is 0.152. The van der Waals surface area contributed by atoms with E-state index in [1.54, 1.807) is 48.5 Å². The van der Waals surface area contributed by atoms with Gasteiger partial charge in [0.25, 0.3) is 10.0 Å². The highest BCUT2D eigenvalue weighted by Crippen LogP contribution is 2.34. The minimum atomic E-state index is -4.30. The number of benzene rings is 4. The van der Waals surface area contributed by atoms with Crippen LogP contribution in [0.4, 0.5) is 5.69 Å². The average molecular weight is 725 g/mol. The predicted octanol–water partition coefficient (Wildman–Crippen LogP) is 6.90. The number of nitrogens with one attached hydrogen (secondary N) is 1. The number of halogens is 2. The molecule has 0 aliphatic heterocycles. The Balaban J connectivity index is 1.62. The molecular weight excluding hydrogens is 685 g/mol. The second-order valence-corrected chi connectivity index (χ2v) is 14.5. The molecule has 0 saturated heterocycles. The van der Waals surface area contributed by atoms with Gasteiger partial charge in [-0.2, -0.15) is 0 Å². The molecule has 1 saturated carbocycles. The van der Waals surface area contributed by atoms with Crippen LogP contribution in [-0.2, 0) is 32.6 Å². The largest absolute Gasteiger partial charge is 0.493 e. The number of carbonyl (C=O) groups excluding carboxylic acids is 2. The Morgan fingerprint density at radius 1 is 0.837 bits per heavy atom. The summed E-state index contributed by atoms with van der Waals surface area (Å²) in [5.74, 6) is -0.307. The fraction of sp³-hybridized carbons (Fsp3) is 0.297. The molecule has 0 spiro atoms. The molecule has 1 N–H and O–H groups in total. The number of rotatable bonds is 14. The second-order valence-electron chi connectivity index (χ2n) is 11.8. The van der Waals surface area contributed by atoms with Crippen LogP contribution in [0.15, 0.2) is 102 Å². The number of nitrogens with zero attached hydrogens (tertiary/aromatic N) is 2. The molecule has 0 radical (unpaired) electrons. The number of hydrogen-bond acceptors (Lipinski definition) is 6. The van der Waals surface area contributed by atoms with Gasteiger partial charge in [-0.3, -0.25) is 13.9 Å². The van der Waals surface area contributed by atoms with Gasteiger partial charge < -0.3 is 19.7 Å². The molecule has 4 aromatic rings. The van der Waals surface area contributed by atoms with Crippen molar-refractivity contribution >= 4 is 50.7 Å². The molecule has 4 aromatic carbocycles. The van der Waals surface area contributed by atoms with Crippen molar-refractivity contribution in [3.05, 3.63) is 118 Å². The van der Waals surface area contributed by atoms with E-state index in [0.29, 0.717) is 21.4 Å². The van der Waals surface area contributed by atoms with Crippen molar-refractivity contribution in [2.45, 2.75) is 55.6 Å². The van der Waals surface area contributed by atoms with Crippen molar-refractivity contribution in [1.29, 1.82) is 0 Å². The van der Waals surface area contributed by atoms with E-state index in [9.17, 15) is 18.0 Å². The van der Waals surface area contributed by atoms with Crippen LogP contribution < -0.4 is 19.1 Å². The third-order valence-electron chi connectivity index (χ3n) is 8.63. The van der Waals surface area contributed by atoms with Gasteiger partial charge >= 0.3 is 0 Å². The van der Waals surface area contributed by atoms with E-state index in [1.165, 1.54) is 37.3 Å². The minimum Gasteiger partial charge on any atom is -0.493 e. The van der Waals surface area contributed by atoms with Gasteiger partial charge in [-0.15, -0.1) is 0 Å². The summed E-state index contributed by atoms with van der Waals surface area (Å²) >= 11 is 13.2. The van der Waals surface area contributed by atoms with E-state index in [0.717, 1.165) is 35.6 Å². The number of carbonyl (C=O) groups is 2. The zero-order valence-corrected chi connectivity index (χ0v) is 29.7. The molecule has 258 valence electrons. The summed E-state index contributed by atoms with van der Waals surface area (Å²) in [6, 6.07) is 25.8. The van der Waals surface area contributed by atoms with E-state index >= 15 is 0 Å². The first-order valence-corrected chi connectivity index (χ1v) is 18.2. The number of anilines is 1. The summed E-state index contributed by atoms with van der Waals surface area (Å²) in [7, 11) is -1.39. The Labute approximate surface area is 297 Å². The standard InChI is InChI=1S/C37H39Cl2N3O6S/c1-47-34-21-20-28(23-35(34)48-2)42(49(45,46)29-16-7-4-8-17-29)25-36(43)41(24-30-31(38)18-11-19-32(30)39)33(22-26-12-5-3-6-13-26)37(44)40-27-14-9-10-15-27/h3-8,11-13,16-21,23,27,33H,9-10,14-15,22,24-25H2,1-2H3,(H,40,44)/t33-/m1/s1. The van der Waals surface area contributed by atoms with Crippen molar-refractivity contribution in [2.24, 2.45) is 0 Å². The molecule has 9 nitrogen and oxygen atoms in total. The lowest BCUT2D eigenvalue weighted by molar-refractivity contribution is -0.140. The van der Waals surface area contributed by atoms with Crippen LogP contribution in [-0.4, -0.2) is 58.0 Å². The lowest BCUT2D eigenvalue weighted by Gasteiger charge is -2.34. The van der Waals surface area contributed by atoms with E-state index in [4.69, 9.17) is 32.7 Å². The molecule has 49 heavy (non-hydrogen) atoms. The Kier molecular flexibility index (Phi) is 12.1. The molecule has 5 rings (SSSR count). The van der Waals surface area contributed by atoms with Gasteiger partial charge in [-0.1, -0.05) is 90.6 Å². The maximum absolute atomic E-state index is 14.8. The third-order valence-corrected chi connectivity index (χ3v) is 11.1. The molecule has 12 heteroatoms. The molecule has 2 amide bonds. The van der Waals surface area contributed by atoms with Gasteiger partial charge in [-0.25, -0.2) is 8.42 Å². The van der Waals surface area contributed by atoms with Crippen molar-refractivity contribution in [3.63, 3.8) is 0 Å². The third kappa shape index (κ3) is 8.68. The molecular formula is C37H39Cl2N3O6S. The summed E-state index contributed by atoms with van der Waals surface area (Å²) < 4.78 is 40.5.